The van der Waals surface area contributed by atoms with Gasteiger partial charge in [0.05, 0.1) is 34.7 Å². The Bertz CT molecular complexity index is 938. The van der Waals surface area contributed by atoms with Crippen LogP contribution >= 0.6 is 0 Å². The van der Waals surface area contributed by atoms with Crippen LogP contribution in [0.5, 0.6) is 0 Å². The van der Waals surface area contributed by atoms with Gasteiger partial charge in [0.15, 0.2) is 5.79 Å². The quantitative estimate of drug-likeness (QED) is 0.216. The van der Waals surface area contributed by atoms with Gasteiger partial charge >= 0.3 is 0 Å². The molecule has 1 aromatic carbocycles. The first-order valence-electron chi connectivity index (χ1n) is 12.3. The lowest BCUT2D eigenvalue weighted by Gasteiger charge is -2.27. The largest absolute Gasteiger partial charge is 0.379 e. The number of hydrogen-bond donors (Lipinski definition) is 2. The van der Waals surface area contributed by atoms with Gasteiger partial charge in [-0.15, -0.1) is 0 Å². The molecule has 12 nitrogen and oxygen atoms in total. The van der Waals surface area contributed by atoms with Crippen LogP contribution in [0.25, 0.3) is 0 Å². The molecule has 1 aliphatic carbocycles. The van der Waals surface area contributed by atoms with E-state index in [9.17, 15) is 25.0 Å². The average Bonchev–Trinajstić information content (AvgIpc) is 3.23. The molecule has 1 saturated heterocycles. The number of carbonyl (C=O) groups is 1. The summed E-state index contributed by atoms with van der Waals surface area (Å²) in [6.07, 6.45) is 5.24. The molecule has 0 radical (unpaired) electrons. The van der Waals surface area contributed by atoms with E-state index in [0.29, 0.717) is 19.7 Å². The first kappa shape index (κ1) is 27.8. The lowest BCUT2D eigenvalue weighted by atomic mass is 9.89. The first-order chi connectivity index (χ1) is 17.0. The number of nitrogens with one attached hydrogen (secondary N) is 2. The number of hydrogen-bond acceptors (Lipinski definition) is 9. The maximum Gasteiger partial charge on any atom is 0.299 e. The summed E-state index contributed by atoms with van der Waals surface area (Å²) in [5.74, 6) is -0.667. The third kappa shape index (κ3) is 7.84. The van der Waals surface area contributed by atoms with Gasteiger partial charge in [0.25, 0.3) is 11.4 Å². The van der Waals surface area contributed by atoms with E-state index in [-0.39, 0.29) is 47.2 Å². The molecule has 2 aliphatic rings. The molecule has 2 fully saturated rings. The highest BCUT2D eigenvalue weighted by molar-refractivity contribution is 5.77. The summed E-state index contributed by atoms with van der Waals surface area (Å²) in [7, 11) is 0. The zero-order valence-electron chi connectivity index (χ0n) is 21.1. The van der Waals surface area contributed by atoms with Crippen LogP contribution in [-0.4, -0.2) is 60.1 Å². The van der Waals surface area contributed by atoms with Crippen molar-refractivity contribution in [3.8, 4) is 0 Å². The Hall–Kier alpha value is -2.83. The lowest BCUT2D eigenvalue weighted by Crippen LogP contribution is -2.32. The normalized spacial score (nSPS) is 24.3. The molecule has 0 bridgehead atoms. The van der Waals surface area contributed by atoms with Crippen molar-refractivity contribution in [2.45, 2.75) is 77.3 Å². The highest BCUT2D eigenvalue weighted by Gasteiger charge is 2.51. The van der Waals surface area contributed by atoms with Crippen molar-refractivity contribution >= 4 is 23.0 Å². The van der Waals surface area contributed by atoms with Crippen LogP contribution < -0.4 is 10.6 Å². The maximum absolute atomic E-state index is 12.1. The summed E-state index contributed by atoms with van der Waals surface area (Å²) in [5.41, 5.74) is -0.432. The van der Waals surface area contributed by atoms with E-state index in [1.54, 1.807) is 0 Å². The number of benzene rings is 1. The number of nitrogens with zero attached hydrogens (tertiary/aromatic N) is 2. The Kier molecular flexibility index (Phi) is 9.20. The Morgan fingerprint density at radius 3 is 2.28 bits per heavy atom. The van der Waals surface area contributed by atoms with Crippen molar-refractivity contribution in [3.63, 3.8) is 0 Å². The van der Waals surface area contributed by atoms with E-state index >= 15 is 0 Å². The van der Waals surface area contributed by atoms with E-state index in [1.165, 1.54) is 12.1 Å². The van der Waals surface area contributed by atoms with Gasteiger partial charge in [0.1, 0.15) is 12.3 Å². The van der Waals surface area contributed by atoms with Crippen LogP contribution in [0.3, 0.4) is 0 Å². The van der Waals surface area contributed by atoms with Gasteiger partial charge in [0, 0.05) is 19.2 Å². The number of ether oxygens (including phenoxy) is 3. The molecule has 0 aromatic heterocycles. The van der Waals surface area contributed by atoms with Crippen LogP contribution in [0.15, 0.2) is 18.2 Å². The minimum atomic E-state index is -0.660. The number of non-ortho nitro benzene ring substituents is 1. The standard InChI is InChI=1S/C24H36N4O8/c1-23(2)35-20-13-24(3,14-21(20)36-23)16-34-15-22(29)26-11-7-5-4-6-10-25-18-9-8-17(27(30)31)12-19(18)28(32)33/h8-9,12,20-21,25H,4-7,10-11,13-16H2,1-3H3,(H,26,29). The fraction of sp³-hybridized carbons (Fsp3) is 0.708. The third-order valence-corrected chi connectivity index (χ3v) is 6.49. The van der Waals surface area contributed by atoms with Crippen molar-refractivity contribution < 1.29 is 28.9 Å². The fourth-order valence-electron chi connectivity index (χ4n) is 4.86. The molecule has 2 N–H and O–H groups in total. The molecule has 3 rings (SSSR count). The molecule has 2 atom stereocenters. The molecule has 12 heteroatoms. The highest BCUT2D eigenvalue weighted by Crippen LogP contribution is 2.47. The van der Waals surface area contributed by atoms with Crippen molar-refractivity contribution in [3.05, 3.63) is 38.4 Å². The Labute approximate surface area is 210 Å². The smallest absolute Gasteiger partial charge is 0.299 e. The van der Waals surface area contributed by atoms with Crippen molar-refractivity contribution in [1.29, 1.82) is 0 Å². The van der Waals surface area contributed by atoms with Crippen LogP contribution in [-0.2, 0) is 19.0 Å². The van der Waals surface area contributed by atoms with Gasteiger partial charge < -0.3 is 24.8 Å². The molecule has 1 aromatic rings. The van der Waals surface area contributed by atoms with E-state index < -0.39 is 15.6 Å². The number of amides is 1. The lowest BCUT2D eigenvalue weighted by molar-refractivity contribution is -0.393. The monoisotopic (exact) mass is 508 g/mol. The van der Waals surface area contributed by atoms with E-state index in [1.807, 2.05) is 13.8 Å². The van der Waals surface area contributed by atoms with E-state index in [4.69, 9.17) is 14.2 Å². The molecule has 0 spiro atoms. The predicted octanol–water partition coefficient (Wildman–Crippen LogP) is 3.93. The predicted molar refractivity (Wildman–Crippen MR) is 132 cm³/mol. The summed E-state index contributed by atoms with van der Waals surface area (Å²) < 4.78 is 17.6. The first-order valence-corrected chi connectivity index (χ1v) is 12.3. The van der Waals surface area contributed by atoms with Gasteiger partial charge in [-0.3, -0.25) is 25.0 Å². The Morgan fingerprint density at radius 2 is 1.67 bits per heavy atom. The molecule has 1 saturated carbocycles. The van der Waals surface area contributed by atoms with Gasteiger partial charge in [-0.25, -0.2) is 0 Å². The van der Waals surface area contributed by atoms with Gasteiger partial charge in [-0.05, 0) is 51.0 Å². The maximum atomic E-state index is 12.1. The summed E-state index contributed by atoms with van der Waals surface area (Å²) in [4.78, 5) is 32.7. The molecule has 2 unspecified atom stereocenters. The molecular formula is C24H36N4O8. The second kappa shape index (κ2) is 11.9. The fourth-order valence-corrected chi connectivity index (χ4v) is 4.86. The Balaban J connectivity index is 1.22. The number of fused-ring (bicyclic) bond motifs is 1. The van der Waals surface area contributed by atoms with Crippen molar-refractivity contribution in [2.24, 2.45) is 5.41 Å². The van der Waals surface area contributed by atoms with Crippen LogP contribution in [0.1, 0.15) is 59.3 Å². The second-order valence-corrected chi connectivity index (χ2v) is 10.3. The second-order valence-electron chi connectivity index (χ2n) is 10.3. The van der Waals surface area contributed by atoms with Gasteiger partial charge in [0.2, 0.25) is 5.91 Å². The van der Waals surface area contributed by atoms with E-state index in [0.717, 1.165) is 44.6 Å². The number of nitro benzene ring substituents is 2. The van der Waals surface area contributed by atoms with Gasteiger partial charge in [-0.2, -0.15) is 0 Å². The highest BCUT2D eigenvalue weighted by atomic mass is 16.8. The van der Waals surface area contributed by atoms with Crippen molar-refractivity contribution in [2.75, 3.05) is 31.6 Å². The van der Waals surface area contributed by atoms with Gasteiger partial charge in [-0.1, -0.05) is 19.8 Å². The third-order valence-electron chi connectivity index (χ3n) is 6.49. The summed E-state index contributed by atoms with van der Waals surface area (Å²) in [6, 6.07) is 3.55. The topological polar surface area (TPSA) is 155 Å². The van der Waals surface area contributed by atoms with Crippen molar-refractivity contribution in [1.82, 2.24) is 5.32 Å². The summed E-state index contributed by atoms with van der Waals surface area (Å²) in [5, 5.41) is 27.8. The molecular weight excluding hydrogens is 472 g/mol. The SMILES string of the molecule is CC1(COCC(=O)NCCCCCCNc2ccc([N+](=O)[O-])cc2[N+](=O)[O-])CC2OC(C)(C)OC2C1. The number of anilines is 1. The zero-order chi connectivity index (χ0) is 26.3. The van der Waals surface area contributed by atoms with Crippen LogP contribution in [0, 0.1) is 25.6 Å². The minimum Gasteiger partial charge on any atom is -0.379 e. The number of carbonyl (C=O) groups excluding carboxylic acids is 1. The Morgan fingerprint density at radius 1 is 1.03 bits per heavy atom. The number of nitro groups is 2. The number of unbranched alkanes of at least 4 members (excludes halogenated alkanes) is 3. The minimum absolute atomic E-state index is 0.0239. The molecule has 1 aliphatic heterocycles. The molecule has 1 heterocycles. The summed E-state index contributed by atoms with van der Waals surface area (Å²) >= 11 is 0. The molecule has 200 valence electrons. The zero-order valence-corrected chi connectivity index (χ0v) is 21.1. The molecule has 36 heavy (non-hydrogen) atoms. The van der Waals surface area contributed by atoms with E-state index in [2.05, 4.69) is 17.6 Å². The molecule has 1 amide bonds. The summed E-state index contributed by atoms with van der Waals surface area (Å²) in [6.45, 7) is 7.56. The average molecular weight is 509 g/mol. The van der Waals surface area contributed by atoms with Crippen LogP contribution in [0.4, 0.5) is 17.1 Å². The number of rotatable bonds is 14. The van der Waals surface area contributed by atoms with Crippen LogP contribution in [0.2, 0.25) is 0 Å².